The Morgan fingerprint density at radius 1 is 1.28 bits per heavy atom. The molecular weight excluding hydrogens is 355 g/mol. The van der Waals surface area contributed by atoms with Gasteiger partial charge in [0.25, 0.3) is 0 Å². The van der Waals surface area contributed by atoms with Crippen LogP contribution in [0, 0.1) is 6.92 Å². The molecule has 25 heavy (non-hydrogen) atoms. The van der Waals surface area contributed by atoms with Crippen molar-refractivity contribution in [3.8, 4) is 17.1 Å². The first-order valence-electron chi connectivity index (χ1n) is 7.30. The van der Waals surface area contributed by atoms with E-state index in [2.05, 4.69) is 15.5 Å². The smallest absolute Gasteiger partial charge is 0.422 e. The maximum Gasteiger partial charge on any atom is 0.422 e. The zero-order valence-electron chi connectivity index (χ0n) is 13.1. The molecule has 0 aliphatic carbocycles. The molecule has 0 atom stereocenters. The number of anilines is 1. The second-order valence-electron chi connectivity index (χ2n) is 5.28. The number of halogens is 3. The Labute approximate surface area is 145 Å². The average Bonchev–Trinajstić information content (AvgIpc) is 3.22. The molecule has 0 saturated heterocycles. The number of hydrogen-bond donors (Lipinski definition) is 1. The van der Waals surface area contributed by atoms with Crippen LogP contribution in [0.25, 0.3) is 11.4 Å². The number of nitrogens with one attached hydrogen (secondary N) is 1. The summed E-state index contributed by atoms with van der Waals surface area (Å²) in [6.07, 6.45) is -4.40. The van der Waals surface area contributed by atoms with E-state index in [0.717, 1.165) is 11.1 Å². The lowest BCUT2D eigenvalue weighted by Gasteiger charge is -2.14. The van der Waals surface area contributed by atoms with Gasteiger partial charge in [0.1, 0.15) is 5.75 Å². The van der Waals surface area contributed by atoms with Crippen LogP contribution in [0.1, 0.15) is 11.5 Å². The van der Waals surface area contributed by atoms with E-state index in [0.29, 0.717) is 17.4 Å². The van der Waals surface area contributed by atoms with E-state index in [1.807, 2.05) is 16.8 Å². The molecule has 5 nitrogen and oxygen atoms in total. The molecule has 2 aromatic heterocycles. The molecule has 132 valence electrons. The predicted octanol–water partition coefficient (Wildman–Crippen LogP) is 4.66. The van der Waals surface area contributed by atoms with Gasteiger partial charge in [0.2, 0.25) is 11.7 Å². The fourth-order valence-electron chi connectivity index (χ4n) is 2.06. The molecular formula is C16H14F3N3O2S. The molecule has 0 unspecified atom stereocenters. The van der Waals surface area contributed by atoms with Crippen LogP contribution in [0.5, 0.6) is 5.75 Å². The van der Waals surface area contributed by atoms with Gasteiger partial charge in [-0.15, -0.1) is 0 Å². The Balaban J connectivity index is 1.68. The Hall–Kier alpha value is -2.55. The number of aryl methyl sites for hydroxylation is 1. The van der Waals surface area contributed by atoms with Crippen LogP contribution in [-0.2, 0) is 6.54 Å². The molecule has 1 N–H and O–H groups in total. The lowest BCUT2D eigenvalue weighted by Crippen LogP contribution is -2.19. The molecule has 3 rings (SSSR count). The SMILES string of the molecule is Cc1ccc(NCc2nc(-c3ccsc3)no2)c(OCC(F)(F)F)c1. The van der Waals surface area contributed by atoms with Crippen molar-refractivity contribution in [3.05, 3.63) is 46.5 Å². The van der Waals surface area contributed by atoms with Crippen molar-refractivity contribution in [1.82, 2.24) is 10.1 Å². The number of aromatic nitrogens is 2. The number of alkyl halides is 3. The third-order valence-corrected chi connectivity index (χ3v) is 3.89. The molecule has 2 heterocycles. The van der Waals surface area contributed by atoms with Crippen LogP contribution in [0.15, 0.2) is 39.5 Å². The third-order valence-electron chi connectivity index (χ3n) is 3.21. The quantitative estimate of drug-likeness (QED) is 0.685. The maximum atomic E-state index is 12.4. The zero-order valence-corrected chi connectivity index (χ0v) is 13.9. The van der Waals surface area contributed by atoms with Gasteiger partial charge >= 0.3 is 6.18 Å². The fraction of sp³-hybridized carbons (Fsp3) is 0.250. The number of hydrogen-bond acceptors (Lipinski definition) is 6. The highest BCUT2D eigenvalue weighted by atomic mass is 32.1. The summed E-state index contributed by atoms with van der Waals surface area (Å²) in [4.78, 5) is 4.25. The lowest BCUT2D eigenvalue weighted by atomic mass is 10.2. The molecule has 0 bridgehead atoms. The van der Waals surface area contributed by atoms with Gasteiger partial charge < -0.3 is 14.6 Å². The molecule has 0 saturated carbocycles. The van der Waals surface area contributed by atoms with Crippen molar-refractivity contribution < 1.29 is 22.4 Å². The number of benzene rings is 1. The van der Waals surface area contributed by atoms with Gasteiger partial charge in [0, 0.05) is 10.9 Å². The second-order valence-corrected chi connectivity index (χ2v) is 6.06. The highest BCUT2D eigenvalue weighted by Crippen LogP contribution is 2.28. The largest absolute Gasteiger partial charge is 0.482 e. The normalized spacial score (nSPS) is 11.5. The fourth-order valence-corrected chi connectivity index (χ4v) is 2.70. The Morgan fingerprint density at radius 3 is 2.84 bits per heavy atom. The molecule has 0 aliphatic heterocycles. The van der Waals surface area contributed by atoms with Gasteiger partial charge in [0.05, 0.1) is 12.2 Å². The summed E-state index contributed by atoms with van der Waals surface area (Å²) in [7, 11) is 0. The Bertz CT molecular complexity index is 832. The van der Waals surface area contributed by atoms with Gasteiger partial charge in [-0.25, -0.2) is 0 Å². The van der Waals surface area contributed by atoms with Crippen molar-refractivity contribution in [2.24, 2.45) is 0 Å². The van der Waals surface area contributed by atoms with Crippen molar-refractivity contribution in [2.45, 2.75) is 19.6 Å². The molecule has 0 fully saturated rings. The monoisotopic (exact) mass is 369 g/mol. The standard InChI is InChI=1S/C16H14F3N3O2S/c1-10-2-3-12(13(6-10)23-9-16(17,18)19)20-7-14-21-15(22-24-14)11-4-5-25-8-11/h2-6,8,20H,7,9H2,1H3. The summed E-state index contributed by atoms with van der Waals surface area (Å²) < 4.78 is 47.2. The molecule has 0 amide bonds. The second kappa shape index (κ2) is 7.14. The minimum absolute atomic E-state index is 0.120. The van der Waals surface area contributed by atoms with E-state index in [1.165, 1.54) is 11.3 Å². The molecule has 0 spiro atoms. The van der Waals surface area contributed by atoms with Crippen LogP contribution >= 0.6 is 11.3 Å². The van der Waals surface area contributed by atoms with Gasteiger partial charge in [-0.05, 0) is 36.1 Å². The first-order chi connectivity index (χ1) is 11.9. The number of nitrogens with zero attached hydrogens (tertiary/aromatic N) is 2. The third kappa shape index (κ3) is 4.72. The molecule has 0 radical (unpaired) electrons. The summed E-state index contributed by atoms with van der Waals surface area (Å²) >= 11 is 1.52. The van der Waals surface area contributed by atoms with E-state index in [4.69, 9.17) is 9.26 Å². The number of ether oxygens (including phenoxy) is 1. The minimum atomic E-state index is -4.40. The van der Waals surface area contributed by atoms with Crippen molar-refractivity contribution >= 4 is 17.0 Å². The van der Waals surface area contributed by atoms with Crippen molar-refractivity contribution in [2.75, 3.05) is 11.9 Å². The van der Waals surface area contributed by atoms with Gasteiger partial charge in [-0.2, -0.15) is 29.5 Å². The first-order valence-corrected chi connectivity index (χ1v) is 8.24. The predicted molar refractivity (Wildman–Crippen MR) is 87.7 cm³/mol. The van der Waals surface area contributed by atoms with Crippen LogP contribution in [0.2, 0.25) is 0 Å². The maximum absolute atomic E-state index is 12.4. The van der Waals surface area contributed by atoms with E-state index >= 15 is 0 Å². The van der Waals surface area contributed by atoms with Gasteiger partial charge in [-0.3, -0.25) is 0 Å². The van der Waals surface area contributed by atoms with Gasteiger partial charge in [0.15, 0.2) is 6.61 Å². The van der Waals surface area contributed by atoms with Gasteiger partial charge in [-0.1, -0.05) is 11.2 Å². The molecule has 3 aromatic rings. The summed E-state index contributed by atoms with van der Waals surface area (Å²) in [5.41, 5.74) is 2.06. The van der Waals surface area contributed by atoms with Crippen LogP contribution in [0.4, 0.5) is 18.9 Å². The Morgan fingerprint density at radius 2 is 2.12 bits per heavy atom. The lowest BCUT2D eigenvalue weighted by molar-refractivity contribution is -0.153. The summed E-state index contributed by atoms with van der Waals surface area (Å²) in [5, 5.41) is 10.6. The van der Waals surface area contributed by atoms with E-state index in [-0.39, 0.29) is 12.3 Å². The molecule has 1 aromatic carbocycles. The minimum Gasteiger partial charge on any atom is -0.482 e. The number of thiophene rings is 1. The summed E-state index contributed by atoms with van der Waals surface area (Å²) in [6, 6.07) is 6.83. The zero-order chi connectivity index (χ0) is 17.9. The van der Waals surface area contributed by atoms with E-state index in [1.54, 1.807) is 25.1 Å². The van der Waals surface area contributed by atoms with E-state index in [9.17, 15) is 13.2 Å². The Kier molecular flexibility index (Phi) is 4.93. The van der Waals surface area contributed by atoms with Crippen molar-refractivity contribution in [1.29, 1.82) is 0 Å². The molecule has 0 aliphatic rings. The van der Waals surface area contributed by atoms with Crippen LogP contribution in [0.3, 0.4) is 0 Å². The van der Waals surface area contributed by atoms with Crippen molar-refractivity contribution in [3.63, 3.8) is 0 Å². The average molecular weight is 369 g/mol. The topological polar surface area (TPSA) is 60.2 Å². The number of rotatable bonds is 6. The van der Waals surface area contributed by atoms with E-state index < -0.39 is 12.8 Å². The molecule has 9 heteroatoms. The summed E-state index contributed by atoms with van der Waals surface area (Å²) in [5.74, 6) is 0.911. The summed E-state index contributed by atoms with van der Waals surface area (Å²) in [6.45, 7) is 0.589. The van der Waals surface area contributed by atoms with Crippen LogP contribution < -0.4 is 10.1 Å². The highest BCUT2D eigenvalue weighted by Gasteiger charge is 2.28. The first kappa shape index (κ1) is 17.3. The van der Waals surface area contributed by atoms with Crippen LogP contribution in [-0.4, -0.2) is 22.9 Å². The highest BCUT2D eigenvalue weighted by molar-refractivity contribution is 7.08.